The summed E-state index contributed by atoms with van der Waals surface area (Å²) in [4.78, 5) is 11.7. The molecule has 1 N–H and O–H groups in total. The molecule has 0 radical (unpaired) electrons. The molecule has 0 saturated heterocycles. The minimum absolute atomic E-state index is 0.0265. The average molecular weight is 318 g/mol. The molecule has 0 aromatic heterocycles. The molecule has 4 nitrogen and oxygen atoms in total. The van der Waals surface area contributed by atoms with Crippen LogP contribution in [0.2, 0.25) is 0 Å². The van der Waals surface area contributed by atoms with E-state index < -0.39 is 26.0 Å². The Morgan fingerprint density at radius 2 is 1.76 bits per heavy atom. The molecule has 0 spiro atoms. The lowest BCUT2D eigenvalue weighted by atomic mass is 9.68. The highest BCUT2D eigenvalue weighted by Crippen LogP contribution is 2.43. The molecule has 21 heavy (non-hydrogen) atoms. The van der Waals surface area contributed by atoms with E-state index in [0.717, 1.165) is 25.7 Å². The van der Waals surface area contributed by atoms with Crippen LogP contribution in [0.5, 0.6) is 0 Å². The fraction of sp³-hybridized carbons (Fsp3) is 0.938. The van der Waals surface area contributed by atoms with Crippen molar-refractivity contribution in [3.63, 3.8) is 0 Å². The van der Waals surface area contributed by atoms with Crippen molar-refractivity contribution in [2.45, 2.75) is 77.4 Å². The van der Waals surface area contributed by atoms with Crippen molar-refractivity contribution >= 4 is 15.8 Å². The molecule has 1 aliphatic rings. The minimum atomic E-state index is -3.26. The Kier molecular flexibility index (Phi) is 5.87. The highest BCUT2D eigenvalue weighted by Gasteiger charge is 2.43. The second-order valence-corrected chi connectivity index (χ2v) is 10.4. The van der Waals surface area contributed by atoms with Crippen LogP contribution in [-0.2, 0) is 14.6 Å². The maximum atomic E-state index is 12.2. The summed E-state index contributed by atoms with van der Waals surface area (Å²) >= 11 is 0. The van der Waals surface area contributed by atoms with E-state index in [1.807, 2.05) is 0 Å². The number of carboxylic acids is 1. The molecule has 1 rings (SSSR count). The Labute approximate surface area is 129 Å². The Morgan fingerprint density at radius 3 is 2.14 bits per heavy atom. The fourth-order valence-electron chi connectivity index (χ4n) is 3.13. The number of aliphatic carboxylic acids is 1. The third-order valence-corrected chi connectivity index (χ3v) is 7.60. The van der Waals surface area contributed by atoms with E-state index in [4.69, 9.17) is 0 Å². The molecule has 5 heteroatoms. The quantitative estimate of drug-likeness (QED) is 0.811. The third-order valence-electron chi connectivity index (χ3n) is 5.00. The van der Waals surface area contributed by atoms with Gasteiger partial charge in [0.25, 0.3) is 0 Å². The summed E-state index contributed by atoms with van der Waals surface area (Å²) in [6.07, 6.45) is 5.59. The Bertz CT molecular complexity index is 451. The molecule has 1 fully saturated rings. The summed E-state index contributed by atoms with van der Waals surface area (Å²) < 4.78 is 23.7. The van der Waals surface area contributed by atoms with Gasteiger partial charge in [0.1, 0.15) is 0 Å². The zero-order valence-corrected chi connectivity index (χ0v) is 14.6. The van der Waals surface area contributed by atoms with E-state index in [2.05, 4.69) is 6.92 Å². The van der Waals surface area contributed by atoms with Gasteiger partial charge < -0.3 is 5.11 Å². The minimum Gasteiger partial charge on any atom is -0.481 e. The van der Waals surface area contributed by atoms with Crippen molar-refractivity contribution in [2.75, 3.05) is 5.75 Å². The molecular formula is C16H30O4S. The topological polar surface area (TPSA) is 71.4 Å². The summed E-state index contributed by atoms with van der Waals surface area (Å²) in [6.45, 7) is 7.17. The van der Waals surface area contributed by atoms with Gasteiger partial charge in [0.2, 0.25) is 0 Å². The molecule has 0 amide bonds. The SMILES string of the molecule is CCCC1CCC(CCS(=O)(=O)C(C)(C)C)(C(=O)O)CC1. The van der Waals surface area contributed by atoms with Gasteiger partial charge in [-0.2, -0.15) is 0 Å². The molecule has 0 heterocycles. The lowest BCUT2D eigenvalue weighted by Gasteiger charge is -2.37. The van der Waals surface area contributed by atoms with Crippen molar-refractivity contribution in [1.29, 1.82) is 0 Å². The second-order valence-electron chi connectivity index (χ2n) is 7.50. The number of hydrogen-bond donors (Lipinski definition) is 1. The average Bonchev–Trinajstić information content (AvgIpc) is 2.37. The molecule has 0 aliphatic heterocycles. The van der Waals surface area contributed by atoms with Gasteiger partial charge in [0.05, 0.1) is 15.9 Å². The first kappa shape index (κ1) is 18.5. The molecule has 124 valence electrons. The molecule has 1 aliphatic carbocycles. The Balaban J connectivity index is 2.75. The number of rotatable bonds is 6. The molecule has 0 unspecified atom stereocenters. The van der Waals surface area contributed by atoms with E-state index in [-0.39, 0.29) is 12.2 Å². The summed E-state index contributed by atoms with van der Waals surface area (Å²) in [5.41, 5.74) is -0.831. The van der Waals surface area contributed by atoms with Crippen LogP contribution in [0.15, 0.2) is 0 Å². The lowest BCUT2D eigenvalue weighted by molar-refractivity contribution is -0.151. The molecule has 0 aromatic carbocycles. The van der Waals surface area contributed by atoms with Gasteiger partial charge in [-0.1, -0.05) is 19.8 Å². The van der Waals surface area contributed by atoms with Gasteiger partial charge in [-0.15, -0.1) is 0 Å². The van der Waals surface area contributed by atoms with Crippen molar-refractivity contribution in [2.24, 2.45) is 11.3 Å². The van der Waals surface area contributed by atoms with Gasteiger partial charge in [-0.3, -0.25) is 4.79 Å². The normalized spacial score (nSPS) is 27.5. The molecule has 0 bridgehead atoms. The number of carboxylic acid groups (broad SMARTS) is 1. The van der Waals surface area contributed by atoms with Crippen LogP contribution in [0.3, 0.4) is 0 Å². The maximum Gasteiger partial charge on any atom is 0.309 e. The fourth-order valence-corrected chi connectivity index (χ4v) is 4.41. The molecule has 1 saturated carbocycles. The van der Waals surface area contributed by atoms with Crippen molar-refractivity contribution in [3.8, 4) is 0 Å². The number of sulfone groups is 1. The summed E-state index contributed by atoms with van der Waals surface area (Å²) in [6, 6.07) is 0. The van der Waals surface area contributed by atoms with Crippen LogP contribution >= 0.6 is 0 Å². The van der Waals surface area contributed by atoms with Crippen LogP contribution in [0, 0.1) is 11.3 Å². The summed E-state index contributed by atoms with van der Waals surface area (Å²) in [5.74, 6) is -0.232. The van der Waals surface area contributed by atoms with Crippen molar-refractivity contribution < 1.29 is 18.3 Å². The smallest absolute Gasteiger partial charge is 0.309 e. The molecule has 0 atom stereocenters. The predicted molar refractivity (Wildman–Crippen MR) is 85.1 cm³/mol. The highest BCUT2D eigenvalue weighted by atomic mass is 32.2. The van der Waals surface area contributed by atoms with E-state index in [1.165, 1.54) is 0 Å². The van der Waals surface area contributed by atoms with E-state index in [1.54, 1.807) is 20.8 Å². The van der Waals surface area contributed by atoms with Crippen molar-refractivity contribution in [1.82, 2.24) is 0 Å². The second kappa shape index (κ2) is 6.67. The highest BCUT2D eigenvalue weighted by molar-refractivity contribution is 7.92. The molecule has 0 aromatic rings. The van der Waals surface area contributed by atoms with E-state index in [9.17, 15) is 18.3 Å². The van der Waals surface area contributed by atoms with Crippen LogP contribution in [0.1, 0.15) is 72.6 Å². The van der Waals surface area contributed by atoms with Crippen molar-refractivity contribution in [3.05, 3.63) is 0 Å². The van der Waals surface area contributed by atoms with Gasteiger partial charge in [-0.05, 0) is 58.8 Å². The largest absolute Gasteiger partial charge is 0.481 e. The van der Waals surface area contributed by atoms with E-state index >= 15 is 0 Å². The Morgan fingerprint density at radius 1 is 1.24 bits per heavy atom. The van der Waals surface area contributed by atoms with Crippen LogP contribution < -0.4 is 0 Å². The summed E-state index contributed by atoms with van der Waals surface area (Å²) in [5, 5.41) is 9.61. The first-order valence-electron chi connectivity index (χ1n) is 8.00. The zero-order chi connectivity index (χ0) is 16.3. The number of carbonyl (C=O) groups is 1. The first-order chi connectivity index (χ1) is 9.54. The Hall–Kier alpha value is -0.580. The van der Waals surface area contributed by atoms with E-state index in [0.29, 0.717) is 18.8 Å². The first-order valence-corrected chi connectivity index (χ1v) is 9.65. The van der Waals surface area contributed by atoms with Gasteiger partial charge in [-0.25, -0.2) is 8.42 Å². The van der Waals surface area contributed by atoms with Gasteiger partial charge in [0.15, 0.2) is 9.84 Å². The van der Waals surface area contributed by atoms with Crippen LogP contribution in [-0.4, -0.2) is 30.0 Å². The van der Waals surface area contributed by atoms with Gasteiger partial charge >= 0.3 is 5.97 Å². The van der Waals surface area contributed by atoms with Crippen LogP contribution in [0.25, 0.3) is 0 Å². The van der Waals surface area contributed by atoms with Crippen LogP contribution in [0.4, 0.5) is 0 Å². The van der Waals surface area contributed by atoms with Gasteiger partial charge in [0, 0.05) is 0 Å². The maximum absolute atomic E-state index is 12.2. The predicted octanol–water partition coefficient (Wildman–Crippen LogP) is 3.65. The third kappa shape index (κ3) is 4.44. The monoisotopic (exact) mass is 318 g/mol. The summed E-state index contributed by atoms with van der Waals surface area (Å²) in [7, 11) is -3.26. The standard InChI is InChI=1S/C16H30O4S/c1-5-6-13-7-9-16(10-8-13,14(17)18)11-12-21(19,20)15(2,3)4/h13H,5-12H2,1-4H3,(H,17,18). The lowest BCUT2D eigenvalue weighted by Crippen LogP contribution is -2.39. The zero-order valence-electron chi connectivity index (χ0n) is 13.8. The number of hydrogen-bond acceptors (Lipinski definition) is 3. The molecular weight excluding hydrogens is 288 g/mol.